The number of rotatable bonds is 6. The first kappa shape index (κ1) is 21.8. The normalized spacial score (nSPS) is 22.0. The summed E-state index contributed by atoms with van der Waals surface area (Å²) in [4.78, 5) is 50.7. The van der Waals surface area contributed by atoms with Gasteiger partial charge >= 0.3 is 6.03 Å². The number of imide groups is 1. The molecule has 0 aromatic heterocycles. The van der Waals surface area contributed by atoms with Crippen LogP contribution < -0.4 is 16.0 Å². The monoisotopic (exact) mass is 414 g/mol. The van der Waals surface area contributed by atoms with Crippen LogP contribution in [0.4, 0.5) is 10.5 Å². The van der Waals surface area contributed by atoms with Crippen LogP contribution >= 0.6 is 0 Å². The number of hydrogen-bond acceptors (Lipinski definition) is 4. The summed E-state index contributed by atoms with van der Waals surface area (Å²) in [6.07, 6.45) is 5.01. The van der Waals surface area contributed by atoms with Crippen molar-refractivity contribution in [2.75, 3.05) is 18.4 Å². The molecule has 0 unspecified atom stereocenters. The molecule has 1 atom stereocenters. The van der Waals surface area contributed by atoms with E-state index in [1.165, 1.54) is 0 Å². The van der Waals surface area contributed by atoms with E-state index in [1.807, 2.05) is 32.0 Å². The molecule has 0 spiro atoms. The number of nitrogens with zero attached hydrogens (tertiary/aromatic N) is 1. The van der Waals surface area contributed by atoms with Crippen LogP contribution in [-0.4, -0.2) is 47.3 Å². The standard InChI is InChI=1S/C22H30N4O4/c1-14-8-7-9-15(2)19(14)24-17(27)12-23-18(28)13-26-20(29)22(3,25-21(26)30)16-10-5-4-6-11-16/h7-9,16H,4-6,10-13H2,1-3H3,(H,23,28)(H,24,27)(H,25,30)/t22-/m0/s1. The highest BCUT2D eigenvalue weighted by molar-refractivity contribution is 6.09. The Hall–Kier alpha value is -2.90. The second kappa shape index (κ2) is 8.85. The maximum atomic E-state index is 12.9. The van der Waals surface area contributed by atoms with Gasteiger partial charge in [0.25, 0.3) is 5.91 Å². The van der Waals surface area contributed by atoms with Crippen molar-refractivity contribution in [3.05, 3.63) is 29.3 Å². The first-order chi connectivity index (χ1) is 14.2. The summed E-state index contributed by atoms with van der Waals surface area (Å²) in [6, 6.07) is 5.13. The highest BCUT2D eigenvalue weighted by Gasteiger charge is 2.52. The van der Waals surface area contributed by atoms with Gasteiger partial charge in [-0.25, -0.2) is 4.79 Å². The topological polar surface area (TPSA) is 108 Å². The molecule has 0 radical (unpaired) electrons. The number of nitrogens with one attached hydrogen (secondary N) is 3. The van der Waals surface area contributed by atoms with Gasteiger partial charge in [0.2, 0.25) is 11.8 Å². The molecule has 8 nitrogen and oxygen atoms in total. The van der Waals surface area contributed by atoms with Gasteiger partial charge in [-0.05, 0) is 50.7 Å². The van der Waals surface area contributed by atoms with Gasteiger partial charge in [0.1, 0.15) is 12.1 Å². The Morgan fingerprint density at radius 3 is 2.37 bits per heavy atom. The van der Waals surface area contributed by atoms with E-state index >= 15 is 0 Å². The molecule has 1 aliphatic carbocycles. The minimum Gasteiger partial charge on any atom is -0.345 e. The molecule has 1 heterocycles. The number of benzene rings is 1. The van der Waals surface area contributed by atoms with Crippen molar-refractivity contribution in [1.82, 2.24) is 15.5 Å². The summed E-state index contributed by atoms with van der Waals surface area (Å²) in [5, 5.41) is 8.07. The maximum absolute atomic E-state index is 12.9. The summed E-state index contributed by atoms with van der Waals surface area (Å²) < 4.78 is 0. The molecule has 3 rings (SSSR count). The van der Waals surface area contributed by atoms with E-state index in [0.717, 1.165) is 48.1 Å². The van der Waals surface area contributed by atoms with E-state index in [4.69, 9.17) is 0 Å². The Labute approximate surface area is 176 Å². The Kier molecular flexibility index (Phi) is 6.43. The molecule has 30 heavy (non-hydrogen) atoms. The smallest absolute Gasteiger partial charge is 0.325 e. The van der Waals surface area contributed by atoms with Gasteiger partial charge in [-0.15, -0.1) is 0 Å². The predicted octanol–water partition coefficient (Wildman–Crippen LogP) is 2.25. The molecule has 1 aromatic rings. The first-order valence-corrected chi connectivity index (χ1v) is 10.5. The van der Waals surface area contributed by atoms with Crippen LogP contribution in [0.2, 0.25) is 0 Å². The van der Waals surface area contributed by atoms with Crippen LogP contribution in [0.25, 0.3) is 0 Å². The van der Waals surface area contributed by atoms with Crippen LogP contribution in [0.5, 0.6) is 0 Å². The van der Waals surface area contributed by atoms with E-state index in [9.17, 15) is 19.2 Å². The first-order valence-electron chi connectivity index (χ1n) is 10.5. The Morgan fingerprint density at radius 1 is 1.10 bits per heavy atom. The lowest BCUT2D eigenvalue weighted by molar-refractivity contribution is -0.136. The zero-order chi connectivity index (χ0) is 21.9. The maximum Gasteiger partial charge on any atom is 0.325 e. The molecule has 1 saturated carbocycles. The fraction of sp³-hybridized carbons (Fsp3) is 0.545. The van der Waals surface area contributed by atoms with Crippen molar-refractivity contribution < 1.29 is 19.2 Å². The van der Waals surface area contributed by atoms with Gasteiger partial charge in [-0.2, -0.15) is 0 Å². The van der Waals surface area contributed by atoms with Crippen molar-refractivity contribution in [3.63, 3.8) is 0 Å². The zero-order valence-electron chi connectivity index (χ0n) is 17.8. The number of aryl methyl sites for hydroxylation is 2. The fourth-order valence-electron chi connectivity index (χ4n) is 4.39. The SMILES string of the molecule is Cc1cccc(C)c1NC(=O)CNC(=O)CN1C(=O)N[C@@](C)(C2CCCCC2)C1=O. The lowest BCUT2D eigenvalue weighted by Gasteiger charge is -2.34. The Bertz CT molecular complexity index is 842. The summed E-state index contributed by atoms with van der Waals surface area (Å²) >= 11 is 0. The number of para-hydroxylation sites is 1. The third-order valence-corrected chi connectivity index (χ3v) is 6.22. The van der Waals surface area contributed by atoms with Crippen molar-refractivity contribution in [2.24, 2.45) is 5.92 Å². The molecule has 5 amide bonds. The average molecular weight is 415 g/mol. The molecule has 1 aliphatic heterocycles. The molecule has 3 N–H and O–H groups in total. The fourth-order valence-corrected chi connectivity index (χ4v) is 4.39. The highest BCUT2D eigenvalue weighted by atomic mass is 16.2. The lowest BCUT2D eigenvalue weighted by Crippen LogP contribution is -2.51. The summed E-state index contributed by atoms with van der Waals surface area (Å²) in [5.41, 5.74) is 1.61. The summed E-state index contributed by atoms with van der Waals surface area (Å²) in [6.45, 7) is 4.89. The molecule has 2 aliphatic rings. The van der Waals surface area contributed by atoms with Gasteiger partial charge in [0.15, 0.2) is 0 Å². The van der Waals surface area contributed by atoms with Crippen molar-refractivity contribution in [1.29, 1.82) is 0 Å². The average Bonchev–Trinajstić information content (AvgIpc) is 2.94. The van der Waals surface area contributed by atoms with Crippen LogP contribution in [0, 0.1) is 19.8 Å². The second-order valence-electron chi connectivity index (χ2n) is 8.45. The molecule has 0 bridgehead atoms. The van der Waals surface area contributed by atoms with E-state index in [1.54, 1.807) is 6.92 Å². The number of urea groups is 1. The largest absolute Gasteiger partial charge is 0.345 e. The predicted molar refractivity (Wildman–Crippen MR) is 113 cm³/mol. The quantitative estimate of drug-likeness (QED) is 0.621. The summed E-state index contributed by atoms with van der Waals surface area (Å²) in [5.74, 6) is -1.21. The molecular formula is C22H30N4O4. The van der Waals surface area contributed by atoms with Gasteiger partial charge in [-0.3, -0.25) is 19.3 Å². The molecule has 2 fully saturated rings. The number of amides is 5. The van der Waals surface area contributed by atoms with Crippen molar-refractivity contribution in [3.8, 4) is 0 Å². The van der Waals surface area contributed by atoms with Crippen LogP contribution in [-0.2, 0) is 14.4 Å². The third-order valence-electron chi connectivity index (χ3n) is 6.22. The number of hydrogen-bond donors (Lipinski definition) is 3. The molecule has 162 valence electrons. The number of carbonyl (C=O) groups is 4. The van der Waals surface area contributed by atoms with Gasteiger partial charge in [0.05, 0.1) is 6.54 Å². The van der Waals surface area contributed by atoms with E-state index in [2.05, 4.69) is 16.0 Å². The van der Waals surface area contributed by atoms with E-state index in [0.29, 0.717) is 5.69 Å². The van der Waals surface area contributed by atoms with Crippen molar-refractivity contribution in [2.45, 2.75) is 58.4 Å². The van der Waals surface area contributed by atoms with E-state index < -0.39 is 24.0 Å². The van der Waals surface area contributed by atoms with Crippen LogP contribution in [0.1, 0.15) is 50.2 Å². The lowest BCUT2D eigenvalue weighted by atomic mass is 9.75. The van der Waals surface area contributed by atoms with Gasteiger partial charge < -0.3 is 16.0 Å². The molecule has 1 aromatic carbocycles. The van der Waals surface area contributed by atoms with Gasteiger partial charge in [-0.1, -0.05) is 37.5 Å². The molecule has 1 saturated heterocycles. The highest BCUT2D eigenvalue weighted by Crippen LogP contribution is 2.36. The van der Waals surface area contributed by atoms with Crippen LogP contribution in [0.3, 0.4) is 0 Å². The van der Waals surface area contributed by atoms with Gasteiger partial charge in [0, 0.05) is 5.69 Å². The zero-order valence-corrected chi connectivity index (χ0v) is 17.8. The number of anilines is 1. The summed E-state index contributed by atoms with van der Waals surface area (Å²) in [7, 11) is 0. The minimum atomic E-state index is -0.961. The third kappa shape index (κ3) is 4.47. The minimum absolute atomic E-state index is 0.0823. The molecular weight excluding hydrogens is 384 g/mol. The second-order valence-corrected chi connectivity index (χ2v) is 8.45. The number of carbonyl (C=O) groups excluding carboxylic acids is 4. The molecule has 8 heteroatoms. The van der Waals surface area contributed by atoms with Crippen molar-refractivity contribution >= 4 is 29.4 Å². The Morgan fingerprint density at radius 2 is 1.73 bits per heavy atom. The Balaban J connectivity index is 1.53. The van der Waals surface area contributed by atoms with E-state index in [-0.39, 0.29) is 24.3 Å². The van der Waals surface area contributed by atoms with Crippen LogP contribution in [0.15, 0.2) is 18.2 Å².